The van der Waals surface area contributed by atoms with Crippen LogP contribution in [0.25, 0.3) is 0 Å². The molecule has 1 N–H and O–H groups in total. The Bertz CT molecular complexity index is 777. The number of hydrogen-bond donors (Lipinski definition) is 1. The fourth-order valence-electron chi connectivity index (χ4n) is 2.81. The van der Waals surface area contributed by atoms with Crippen LogP contribution >= 0.6 is 0 Å². The second-order valence-electron chi connectivity index (χ2n) is 6.15. The van der Waals surface area contributed by atoms with E-state index in [1.165, 1.54) is 4.90 Å². The van der Waals surface area contributed by atoms with Crippen molar-refractivity contribution in [3.63, 3.8) is 0 Å². The maximum absolute atomic E-state index is 12.6. The van der Waals surface area contributed by atoms with Gasteiger partial charge >= 0.3 is 5.97 Å². The number of amides is 2. The van der Waals surface area contributed by atoms with Crippen LogP contribution in [0.5, 0.6) is 0 Å². The third-order valence-corrected chi connectivity index (χ3v) is 4.11. The lowest BCUT2D eigenvalue weighted by Crippen LogP contribution is -2.58. The Hall–Kier alpha value is -3.15. The molecule has 0 bridgehead atoms. The molecule has 0 aromatic heterocycles. The molecule has 1 fully saturated rings. The summed E-state index contributed by atoms with van der Waals surface area (Å²) in [5.41, 5.74) is 1.80. The van der Waals surface area contributed by atoms with Crippen molar-refractivity contribution >= 4 is 17.8 Å². The van der Waals surface area contributed by atoms with Crippen LogP contribution in [0.3, 0.4) is 0 Å². The average molecular weight is 352 g/mol. The predicted molar refractivity (Wildman–Crippen MR) is 94.6 cm³/mol. The molecule has 2 aromatic rings. The largest absolute Gasteiger partial charge is 0.461 e. The summed E-state index contributed by atoms with van der Waals surface area (Å²) in [6.07, 6.45) is -0.178. The first-order valence-electron chi connectivity index (χ1n) is 8.43. The van der Waals surface area contributed by atoms with E-state index in [9.17, 15) is 14.4 Å². The quantitative estimate of drug-likeness (QED) is 0.802. The Morgan fingerprint density at radius 1 is 1.00 bits per heavy atom. The van der Waals surface area contributed by atoms with Crippen LogP contribution in [0.1, 0.15) is 17.5 Å². The average Bonchev–Trinajstić information content (AvgIpc) is 2.65. The normalized spacial score (nSPS) is 16.9. The van der Waals surface area contributed by atoms with Crippen LogP contribution in [-0.2, 0) is 32.3 Å². The van der Waals surface area contributed by atoms with Gasteiger partial charge in [-0.25, -0.2) is 0 Å². The van der Waals surface area contributed by atoms with Gasteiger partial charge in [-0.05, 0) is 11.1 Å². The standard InChI is InChI=1S/C20H20N2O4/c23-18-13-22(12-15-7-3-1-4-8-15)20(25)17(21-18)11-19(24)26-14-16-9-5-2-6-10-16/h1-10,17H,11-14H2,(H,21,23)/t17-/m0/s1. The Morgan fingerprint density at radius 2 is 1.62 bits per heavy atom. The molecule has 2 aromatic carbocycles. The van der Waals surface area contributed by atoms with Gasteiger partial charge in [0.15, 0.2) is 0 Å². The molecule has 0 spiro atoms. The molecule has 0 saturated carbocycles. The molecule has 1 aliphatic heterocycles. The van der Waals surface area contributed by atoms with E-state index in [0.717, 1.165) is 11.1 Å². The van der Waals surface area contributed by atoms with Crippen molar-refractivity contribution in [2.75, 3.05) is 6.54 Å². The van der Waals surface area contributed by atoms with Crippen LogP contribution in [0.2, 0.25) is 0 Å². The van der Waals surface area contributed by atoms with Crippen LogP contribution in [-0.4, -0.2) is 35.3 Å². The lowest BCUT2D eigenvalue weighted by molar-refractivity contribution is -0.152. The van der Waals surface area contributed by atoms with Crippen molar-refractivity contribution in [2.24, 2.45) is 0 Å². The molecule has 134 valence electrons. The zero-order valence-corrected chi connectivity index (χ0v) is 14.3. The summed E-state index contributed by atoms with van der Waals surface area (Å²) in [6.45, 7) is 0.466. The minimum absolute atomic E-state index is 0.0106. The highest BCUT2D eigenvalue weighted by molar-refractivity contribution is 5.96. The lowest BCUT2D eigenvalue weighted by Gasteiger charge is -2.32. The summed E-state index contributed by atoms with van der Waals surface area (Å²) in [5, 5.41) is 2.58. The zero-order chi connectivity index (χ0) is 18.4. The maximum Gasteiger partial charge on any atom is 0.308 e. The summed E-state index contributed by atoms with van der Waals surface area (Å²) < 4.78 is 5.21. The number of ether oxygens (including phenoxy) is 1. The van der Waals surface area contributed by atoms with E-state index in [-0.39, 0.29) is 31.4 Å². The van der Waals surface area contributed by atoms with Gasteiger partial charge in [0.2, 0.25) is 11.8 Å². The van der Waals surface area contributed by atoms with Crippen molar-refractivity contribution in [2.45, 2.75) is 25.6 Å². The summed E-state index contributed by atoms with van der Waals surface area (Å²) in [6, 6.07) is 17.8. The summed E-state index contributed by atoms with van der Waals surface area (Å²) in [4.78, 5) is 38.0. The van der Waals surface area contributed by atoms with Crippen molar-refractivity contribution < 1.29 is 19.1 Å². The molecule has 3 rings (SSSR count). The molecule has 6 nitrogen and oxygen atoms in total. The lowest BCUT2D eigenvalue weighted by atomic mass is 10.1. The monoisotopic (exact) mass is 352 g/mol. The highest BCUT2D eigenvalue weighted by Crippen LogP contribution is 2.12. The third-order valence-electron chi connectivity index (χ3n) is 4.11. The fourth-order valence-corrected chi connectivity index (χ4v) is 2.81. The molecule has 0 unspecified atom stereocenters. The Balaban J connectivity index is 1.57. The Kier molecular flexibility index (Phi) is 5.63. The highest BCUT2D eigenvalue weighted by atomic mass is 16.5. The van der Waals surface area contributed by atoms with Gasteiger partial charge in [-0.1, -0.05) is 60.7 Å². The summed E-state index contributed by atoms with van der Waals surface area (Å²) >= 11 is 0. The summed E-state index contributed by atoms with van der Waals surface area (Å²) in [7, 11) is 0. The van der Waals surface area contributed by atoms with Gasteiger partial charge in [0.1, 0.15) is 12.6 Å². The number of hydrogen-bond acceptors (Lipinski definition) is 4. The molecule has 0 aliphatic carbocycles. The van der Waals surface area contributed by atoms with Crippen molar-refractivity contribution in [1.82, 2.24) is 10.2 Å². The van der Waals surface area contributed by atoms with Gasteiger partial charge in [-0.3, -0.25) is 14.4 Å². The molecule has 2 amide bonds. The van der Waals surface area contributed by atoms with Gasteiger partial charge < -0.3 is 15.0 Å². The van der Waals surface area contributed by atoms with Crippen LogP contribution in [0, 0.1) is 0 Å². The first kappa shape index (κ1) is 17.7. The SMILES string of the molecule is O=C1CN(Cc2ccccc2)C(=O)[C@H](CC(=O)OCc2ccccc2)N1. The molecular formula is C20H20N2O4. The smallest absolute Gasteiger partial charge is 0.308 e. The van der Waals surface area contributed by atoms with Crippen molar-refractivity contribution in [1.29, 1.82) is 0 Å². The summed E-state index contributed by atoms with van der Waals surface area (Å²) in [5.74, 6) is -1.07. The van der Waals surface area contributed by atoms with Crippen LogP contribution in [0.15, 0.2) is 60.7 Å². The molecule has 1 atom stereocenters. The Labute approximate surface area is 151 Å². The third kappa shape index (κ3) is 4.69. The number of rotatable bonds is 6. The second kappa shape index (κ2) is 8.29. The van der Waals surface area contributed by atoms with Crippen molar-refractivity contribution in [3.8, 4) is 0 Å². The van der Waals surface area contributed by atoms with Gasteiger partial charge in [-0.15, -0.1) is 0 Å². The maximum atomic E-state index is 12.6. The van der Waals surface area contributed by atoms with E-state index in [0.29, 0.717) is 6.54 Å². The number of piperazine rings is 1. The van der Waals surface area contributed by atoms with E-state index < -0.39 is 12.0 Å². The number of nitrogens with one attached hydrogen (secondary N) is 1. The first-order valence-corrected chi connectivity index (χ1v) is 8.43. The van der Waals surface area contributed by atoms with Crippen LogP contribution < -0.4 is 5.32 Å². The number of carbonyl (C=O) groups is 3. The molecule has 0 radical (unpaired) electrons. The van der Waals surface area contributed by atoms with E-state index in [4.69, 9.17) is 4.74 Å². The van der Waals surface area contributed by atoms with Gasteiger partial charge in [0.25, 0.3) is 0 Å². The van der Waals surface area contributed by atoms with Crippen molar-refractivity contribution in [3.05, 3.63) is 71.8 Å². The van der Waals surface area contributed by atoms with Crippen LogP contribution in [0.4, 0.5) is 0 Å². The molecule has 6 heteroatoms. The second-order valence-corrected chi connectivity index (χ2v) is 6.15. The molecule has 26 heavy (non-hydrogen) atoms. The minimum Gasteiger partial charge on any atom is -0.461 e. The number of carbonyl (C=O) groups excluding carboxylic acids is 3. The van der Waals surface area contributed by atoms with Gasteiger partial charge in [0, 0.05) is 6.54 Å². The number of esters is 1. The first-order chi connectivity index (χ1) is 12.6. The molecule has 1 saturated heterocycles. The Morgan fingerprint density at radius 3 is 2.27 bits per heavy atom. The predicted octanol–water partition coefficient (Wildman–Crippen LogP) is 1.65. The van der Waals surface area contributed by atoms with E-state index >= 15 is 0 Å². The number of benzene rings is 2. The van der Waals surface area contributed by atoms with E-state index in [1.54, 1.807) is 0 Å². The fraction of sp³-hybridized carbons (Fsp3) is 0.250. The minimum atomic E-state index is -0.886. The van der Waals surface area contributed by atoms with Gasteiger partial charge in [0.05, 0.1) is 13.0 Å². The van der Waals surface area contributed by atoms with E-state index in [2.05, 4.69) is 5.32 Å². The topological polar surface area (TPSA) is 75.7 Å². The molecule has 1 aliphatic rings. The molecular weight excluding hydrogens is 332 g/mol. The number of nitrogens with zero attached hydrogens (tertiary/aromatic N) is 1. The van der Waals surface area contributed by atoms with E-state index in [1.807, 2.05) is 60.7 Å². The molecule has 1 heterocycles. The highest BCUT2D eigenvalue weighted by Gasteiger charge is 2.34. The zero-order valence-electron chi connectivity index (χ0n) is 14.3. The van der Waals surface area contributed by atoms with Gasteiger partial charge in [-0.2, -0.15) is 0 Å².